The number of pyridine rings is 1. The van der Waals surface area contributed by atoms with Gasteiger partial charge in [0.1, 0.15) is 17.0 Å². The molecule has 0 atom stereocenters. The van der Waals surface area contributed by atoms with Crippen molar-refractivity contribution >= 4 is 21.6 Å². The van der Waals surface area contributed by atoms with E-state index in [9.17, 15) is 5.11 Å². The fourth-order valence-electron chi connectivity index (χ4n) is 2.05. The second kappa shape index (κ2) is 5.02. The summed E-state index contributed by atoms with van der Waals surface area (Å²) in [6.07, 6.45) is 1.63. The van der Waals surface area contributed by atoms with E-state index in [2.05, 4.69) is 4.98 Å². The van der Waals surface area contributed by atoms with Crippen LogP contribution in [0.5, 0.6) is 17.2 Å². The van der Waals surface area contributed by atoms with E-state index in [0.717, 1.165) is 26.6 Å². The molecule has 0 fully saturated rings. The average molecular weight is 287 g/mol. The molecule has 0 amide bonds. The van der Waals surface area contributed by atoms with Gasteiger partial charge in [-0.2, -0.15) is 0 Å². The van der Waals surface area contributed by atoms with Crippen molar-refractivity contribution in [1.29, 1.82) is 0 Å². The number of rotatable bonds is 3. The summed E-state index contributed by atoms with van der Waals surface area (Å²) in [5.74, 6) is 1.69. The molecule has 3 aromatic rings. The zero-order valence-corrected chi connectivity index (χ0v) is 11.9. The van der Waals surface area contributed by atoms with Gasteiger partial charge in [0.25, 0.3) is 0 Å². The van der Waals surface area contributed by atoms with Crippen LogP contribution >= 0.6 is 11.3 Å². The molecule has 3 rings (SSSR count). The number of nitrogens with zero attached hydrogens (tertiary/aromatic N) is 1. The highest BCUT2D eigenvalue weighted by molar-refractivity contribution is 7.23. The minimum absolute atomic E-state index is 0.189. The van der Waals surface area contributed by atoms with Crippen LogP contribution in [0, 0.1) is 0 Å². The Hall–Kier alpha value is -2.27. The van der Waals surface area contributed by atoms with Crippen molar-refractivity contribution in [2.45, 2.75) is 0 Å². The van der Waals surface area contributed by atoms with Gasteiger partial charge in [-0.05, 0) is 35.9 Å². The molecule has 0 spiro atoms. The molecule has 0 bridgehead atoms. The molecule has 0 aliphatic heterocycles. The molecule has 0 unspecified atom stereocenters. The van der Waals surface area contributed by atoms with Crippen molar-refractivity contribution in [3.63, 3.8) is 0 Å². The van der Waals surface area contributed by atoms with E-state index in [1.807, 2.05) is 24.3 Å². The van der Waals surface area contributed by atoms with Crippen molar-refractivity contribution < 1.29 is 14.6 Å². The largest absolute Gasteiger partial charge is 0.504 e. The van der Waals surface area contributed by atoms with Crippen LogP contribution in [0.3, 0.4) is 0 Å². The van der Waals surface area contributed by atoms with E-state index < -0.39 is 0 Å². The fourth-order valence-corrected chi connectivity index (χ4v) is 3.20. The van der Waals surface area contributed by atoms with Crippen LogP contribution in [0.2, 0.25) is 0 Å². The van der Waals surface area contributed by atoms with Gasteiger partial charge in [0.2, 0.25) is 0 Å². The molecule has 1 N–H and O–H groups in total. The highest BCUT2D eigenvalue weighted by Gasteiger charge is 2.16. The summed E-state index contributed by atoms with van der Waals surface area (Å²) in [5, 5.41) is 10.4. The molecule has 20 heavy (non-hydrogen) atoms. The number of hydrogen-bond acceptors (Lipinski definition) is 5. The topological polar surface area (TPSA) is 51.6 Å². The van der Waals surface area contributed by atoms with E-state index in [1.165, 1.54) is 11.3 Å². The molecule has 0 saturated heterocycles. The second-order valence-corrected chi connectivity index (χ2v) is 5.22. The van der Waals surface area contributed by atoms with Crippen molar-refractivity contribution in [2.75, 3.05) is 14.2 Å². The Kier molecular flexibility index (Phi) is 3.20. The van der Waals surface area contributed by atoms with Gasteiger partial charge in [-0.3, -0.25) is 4.98 Å². The quantitative estimate of drug-likeness (QED) is 0.798. The minimum atomic E-state index is 0.189. The molecule has 102 valence electrons. The number of aromatic nitrogens is 1. The van der Waals surface area contributed by atoms with Crippen LogP contribution < -0.4 is 9.47 Å². The van der Waals surface area contributed by atoms with Crippen molar-refractivity contribution in [3.05, 3.63) is 36.5 Å². The van der Waals surface area contributed by atoms with Crippen LogP contribution in [-0.4, -0.2) is 24.3 Å². The maximum Gasteiger partial charge on any atom is 0.160 e. The number of benzene rings is 1. The molecule has 0 radical (unpaired) electrons. The first kappa shape index (κ1) is 12.7. The summed E-state index contributed by atoms with van der Waals surface area (Å²) in [5.41, 5.74) is 1.49. The normalized spacial score (nSPS) is 10.7. The standard InChI is InChI=1S/C15H13NO3S/c1-18-10-5-3-9(4-6-10)14-13(17)12-15(20-14)11(19-2)7-8-16-12/h3-8,17H,1-2H3. The fraction of sp³-hybridized carbons (Fsp3) is 0.133. The van der Waals surface area contributed by atoms with Gasteiger partial charge in [-0.25, -0.2) is 0 Å². The number of aromatic hydroxyl groups is 1. The van der Waals surface area contributed by atoms with Crippen molar-refractivity contribution in [2.24, 2.45) is 0 Å². The van der Waals surface area contributed by atoms with Crippen LogP contribution in [0.4, 0.5) is 0 Å². The number of thiophene rings is 1. The first-order valence-corrected chi connectivity index (χ1v) is 6.85. The molecule has 0 aliphatic carbocycles. The van der Waals surface area contributed by atoms with Gasteiger partial charge < -0.3 is 14.6 Å². The molecule has 4 nitrogen and oxygen atoms in total. The molecule has 1 aromatic carbocycles. The maximum atomic E-state index is 10.4. The van der Waals surface area contributed by atoms with Crippen molar-refractivity contribution in [3.8, 4) is 27.7 Å². The average Bonchev–Trinajstić information content (AvgIpc) is 2.85. The zero-order chi connectivity index (χ0) is 14.1. The lowest BCUT2D eigenvalue weighted by molar-refractivity contribution is 0.415. The Bertz CT molecular complexity index is 750. The highest BCUT2D eigenvalue weighted by atomic mass is 32.1. The van der Waals surface area contributed by atoms with E-state index in [4.69, 9.17) is 9.47 Å². The van der Waals surface area contributed by atoms with Gasteiger partial charge in [0.15, 0.2) is 5.75 Å². The Labute approximate surface area is 120 Å². The Balaban J connectivity index is 2.18. The predicted molar refractivity (Wildman–Crippen MR) is 79.8 cm³/mol. The lowest BCUT2D eigenvalue weighted by atomic mass is 10.1. The summed E-state index contributed by atoms with van der Waals surface area (Å²) in [4.78, 5) is 5.00. The van der Waals surface area contributed by atoms with Crippen LogP contribution in [-0.2, 0) is 0 Å². The zero-order valence-electron chi connectivity index (χ0n) is 11.1. The Morgan fingerprint density at radius 2 is 1.80 bits per heavy atom. The molecular formula is C15H13NO3S. The smallest absolute Gasteiger partial charge is 0.160 e. The molecule has 2 aromatic heterocycles. The maximum absolute atomic E-state index is 10.4. The molecular weight excluding hydrogens is 274 g/mol. The Morgan fingerprint density at radius 1 is 1.05 bits per heavy atom. The number of fused-ring (bicyclic) bond motifs is 1. The summed E-state index contributed by atoms with van der Waals surface area (Å²) < 4.78 is 11.3. The van der Waals surface area contributed by atoms with Crippen LogP contribution in [0.1, 0.15) is 0 Å². The third kappa shape index (κ3) is 1.96. The first-order valence-electron chi connectivity index (χ1n) is 6.03. The minimum Gasteiger partial charge on any atom is -0.504 e. The van der Waals surface area contributed by atoms with E-state index in [0.29, 0.717) is 5.52 Å². The summed E-state index contributed by atoms with van der Waals surface area (Å²) >= 11 is 1.46. The molecule has 0 aliphatic rings. The third-order valence-electron chi connectivity index (χ3n) is 3.08. The van der Waals surface area contributed by atoms with Gasteiger partial charge >= 0.3 is 0 Å². The van der Waals surface area contributed by atoms with Crippen LogP contribution in [0.25, 0.3) is 20.7 Å². The third-order valence-corrected chi connectivity index (χ3v) is 4.32. The second-order valence-electron chi connectivity index (χ2n) is 4.20. The lowest BCUT2D eigenvalue weighted by Gasteiger charge is -2.01. The van der Waals surface area contributed by atoms with E-state index in [-0.39, 0.29) is 5.75 Å². The predicted octanol–water partition coefficient (Wildman–Crippen LogP) is 3.69. The molecule has 0 saturated carbocycles. The van der Waals surface area contributed by atoms with Gasteiger partial charge in [-0.15, -0.1) is 11.3 Å². The van der Waals surface area contributed by atoms with Crippen molar-refractivity contribution in [1.82, 2.24) is 4.98 Å². The number of methoxy groups -OCH3 is 2. The summed E-state index contributed by atoms with van der Waals surface area (Å²) in [6.45, 7) is 0. The molecule has 2 heterocycles. The summed E-state index contributed by atoms with van der Waals surface area (Å²) in [6, 6.07) is 9.34. The first-order chi connectivity index (χ1) is 9.74. The van der Waals surface area contributed by atoms with E-state index >= 15 is 0 Å². The van der Waals surface area contributed by atoms with Gasteiger partial charge in [0.05, 0.1) is 23.8 Å². The van der Waals surface area contributed by atoms with Gasteiger partial charge in [0, 0.05) is 6.20 Å². The number of ether oxygens (including phenoxy) is 2. The monoisotopic (exact) mass is 287 g/mol. The number of hydrogen-bond donors (Lipinski definition) is 1. The Morgan fingerprint density at radius 3 is 2.45 bits per heavy atom. The van der Waals surface area contributed by atoms with Gasteiger partial charge in [-0.1, -0.05) is 0 Å². The van der Waals surface area contributed by atoms with E-state index in [1.54, 1.807) is 26.5 Å². The highest BCUT2D eigenvalue weighted by Crippen LogP contribution is 2.45. The molecule has 5 heteroatoms. The SMILES string of the molecule is COc1ccc(-c2sc3c(OC)ccnc3c2O)cc1. The lowest BCUT2D eigenvalue weighted by Crippen LogP contribution is -1.83. The van der Waals surface area contributed by atoms with Crippen LogP contribution in [0.15, 0.2) is 36.5 Å². The summed E-state index contributed by atoms with van der Waals surface area (Å²) in [7, 11) is 3.24.